The van der Waals surface area contributed by atoms with Crippen LogP contribution in [0.25, 0.3) is 0 Å². The number of thiazole rings is 1. The highest BCUT2D eigenvalue weighted by Gasteiger charge is 2.27. The van der Waals surface area contributed by atoms with Crippen LogP contribution in [-0.2, 0) is 12.0 Å². The first-order chi connectivity index (χ1) is 11.5. The fraction of sp³-hybridized carbons (Fsp3) is 0.526. The van der Waals surface area contributed by atoms with Gasteiger partial charge in [0.25, 0.3) is 0 Å². The van der Waals surface area contributed by atoms with E-state index in [0.717, 1.165) is 31.9 Å². The van der Waals surface area contributed by atoms with E-state index >= 15 is 0 Å². The zero-order valence-corrected chi connectivity index (χ0v) is 17.0. The predicted molar refractivity (Wildman–Crippen MR) is 107 cm³/mol. The first-order valence-electron chi connectivity index (χ1n) is 8.52. The first-order valence-corrected chi connectivity index (χ1v) is 9.33. The summed E-state index contributed by atoms with van der Waals surface area (Å²) >= 11 is 1.84. The van der Waals surface area contributed by atoms with Gasteiger partial charge in [-0.15, -0.1) is 23.7 Å². The standard InChI is InChI=1S/C19H27N3OS.ClH/c1-19(2,3)17-12-21-18(24-17)13-22-10-9-20-11-15(22)14-7-5-6-8-16(14)23-4;/h5-8,12,15,20H,9-11,13H2,1-4H3;1H. The number of piperazine rings is 1. The van der Waals surface area contributed by atoms with Gasteiger partial charge in [-0.25, -0.2) is 4.98 Å². The van der Waals surface area contributed by atoms with Crippen molar-refractivity contribution in [2.45, 2.75) is 38.8 Å². The van der Waals surface area contributed by atoms with Crippen LogP contribution in [0.3, 0.4) is 0 Å². The Bertz CT molecular complexity index is 683. The van der Waals surface area contributed by atoms with Crippen LogP contribution in [0.2, 0.25) is 0 Å². The number of halogens is 1. The zero-order chi connectivity index (χ0) is 17.2. The van der Waals surface area contributed by atoms with Gasteiger partial charge in [0.15, 0.2) is 0 Å². The summed E-state index contributed by atoms with van der Waals surface area (Å²) in [6.07, 6.45) is 2.04. The molecule has 1 N–H and O–H groups in total. The summed E-state index contributed by atoms with van der Waals surface area (Å²) in [5.41, 5.74) is 1.42. The number of methoxy groups -OCH3 is 1. The number of aromatic nitrogens is 1. The molecule has 1 fully saturated rings. The third-order valence-electron chi connectivity index (χ3n) is 4.48. The summed E-state index contributed by atoms with van der Waals surface area (Å²) in [7, 11) is 1.75. The van der Waals surface area contributed by atoms with Crippen LogP contribution in [-0.4, -0.2) is 36.6 Å². The molecule has 2 aromatic rings. The van der Waals surface area contributed by atoms with E-state index in [1.165, 1.54) is 15.4 Å². The second-order valence-corrected chi connectivity index (χ2v) is 8.42. The van der Waals surface area contributed by atoms with Gasteiger partial charge in [0.2, 0.25) is 0 Å². The molecule has 0 bridgehead atoms. The highest BCUT2D eigenvalue weighted by molar-refractivity contribution is 7.11. The van der Waals surface area contributed by atoms with Crippen LogP contribution in [0.15, 0.2) is 30.5 Å². The van der Waals surface area contributed by atoms with Crippen molar-refractivity contribution in [3.63, 3.8) is 0 Å². The van der Waals surface area contributed by atoms with Crippen LogP contribution in [0.1, 0.15) is 42.3 Å². The third kappa shape index (κ3) is 4.73. The molecule has 6 heteroatoms. The normalized spacial score (nSPS) is 18.6. The van der Waals surface area contributed by atoms with Crippen LogP contribution in [0, 0.1) is 0 Å². The van der Waals surface area contributed by atoms with Crippen molar-refractivity contribution >= 4 is 23.7 Å². The molecular weight excluding hydrogens is 354 g/mol. The Hall–Kier alpha value is -1.14. The van der Waals surface area contributed by atoms with Gasteiger partial charge in [-0.3, -0.25) is 4.90 Å². The number of hydrogen-bond acceptors (Lipinski definition) is 5. The summed E-state index contributed by atoms with van der Waals surface area (Å²) in [6.45, 7) is 10.6. The number of hydrogen-bond donors (Lipinski definition) is 1. The van der Waals surface area contributed by atoms with Crippen molar-refractivity contribution in [1.82, 2.24) is 15.2 Å². The molecule has 0 spiro atoms. The van der Waals surface area contributed by atoms with Crippen molar-refractivity contribution < 1.29 is 4.74 Å². The fourth-order valence-corrected chi connectivity index (χ4v) is 4.09. The van der Waals surface area contributed by atoms with Crippen LogP contribution >= 0.6 is 23.7 Å². The molecule has 1 aromatic heterocycles. The molecule has 1 saturated heterocycles. The molecule has 25 heavy (non-hydrogen) atoms. The van der Waals surface area contributed by atoms with E-state index in [2.05, 4.69) is 48.1 Å². The lowest BCUT2D eigenvalue weighted by Crippen LogP contribution is -2.45. The molecule has 1 unspecified atom stereocenters. The molecule has 2 heterocycles. The van der Waals surface area contributed by atoms with Gasteiger partial charge in [-0.05, 0) is 11.5 Å². The molecule has 1 aliphatic rings. The van der Waals surface area contributed by atoms with Gasteiger partial charge in [-0.1, -0.05) is 39.0 Å². The first kappa shape index (κ1) is 20.2. The van der Waals surface area contributed by atoms with Crippen LogP contribution < -0.4 is 10.1 Å². The van der Waals surface area contributed by atoms with E-state index in [0.29, 0.717) is 6.04 Å². The largest absolute Gasteiger partial charge is 0.496 e. The second kappa shape index (κ2) is 8.49. The van der Waals surface area contributed by atoms with Crippen molar-refractivity contribution in [3.05, 3.63) is 45.9 Å². The molecular formula is C19H28ClN3OS. The minimum atomic E-state index is 0. The van der Waals surface area contributed by atoms with Gasteiger partial charge >= 0.3 is 0 Å². The maximum Gasteiger partial charge on any atom is 0.123 e. The summed E-state index contributed by atoms with van der Waals surface area (Å²) in [6, 6.07) is 8.65. The lowest BCUT2D eigenvalue weighted by Gasteiger charge is -2.36. The Morgan fingerprint density at radius 2 is 2.08 bits per heavy atom. The Balaban J connectivity index is 0.00000225. The summed E-state index contributed by atoms with van der Waals surface area (Å²) in [5, 5.41) is 4.71. The van der Waals surface area contributed by atoms with Crippen LogP contribution in [0.5, 0.6) is 5.75 Å². The Labute approximate surface area is 161 Å². The quantitative estimate of drug-likeness (QED) is 0.867. The number of rotatable bonds is 4. The summed E-state index contributed by atoms with van der Waals surface area (Å²) < 4.78 is 5.58. The van der Waals surface area contributed by atoms with Gasteiger partial charge in [0.05, 0.1) is 19.7 Å². The molecule has 1 aromatic carbocycles. The Kier molecular flexibility index (Phi) is 6.86. The Morgan fingerprint density at radius 3 is 2.76 bits per heavy atom. The maximum atomic E-state index is 5.58. The molecule has 0 amide bonds. The maximum absolute atomic E-state index is 5.58. The number of nitrogens with one attached hydrogen (secondary N) is 1. The molecule has 1 atom stereocenters. The summed E-state index contributed by atoms with van der Waals surface area (Å²) in [5.74, 6) is 0.964. The average molecular weight is 382 g/mol. The smallest absolute Gasteiger partial charge is 0.123 e. The Morgan fingerprint density at radius 1 is 1.32 bits per heavy atom. The molecule has 0 saturated carbocycles. The SMILES string of the molecule is COc1ccccc1C1CNCCN1Cc1ncc(C(C)(C)C)s1.Cl. The molecule has 138 valence electrons. The van der Waals surface area contributed by atoms with E-state index in [1.54, 1.807) is 7.11 Å². The highest BCUT2D eigenvalue weighted by atomic mass is 35.5. The molecule has 4 nitrogen and oxygen atoms in total. The van der Waals surface area contributed by atoms with Gasteiger partial charge in [0, 0.05) is 36.3 Å². The molecule has 0 aliphatic carbocycles. The molecule has 3 rings (SSSR count). The van der Waals surface area contributed by atoms with E-state index in [1.807, 2.05) is 29.7 Å². The van der Waals surface area contributed by atoms with E-state index in [-0.39, 0.29) is 17.8 Å². The number of para-hydroxylation sites is 1. The topological polar surface area (TPSA) is 37.4 Å². The van der Waals surface area contributed by atoms with E-state index < -0.39 is 0 Å². The highest BCUT2D eigenvalue weighted by Crippen LogP contribution is 2.33. The number of benzene rings is 1. The minimum absolute atomic E-state index is 0. The fourth-order valence-electron chi connectivity index (χ4n) is 3.09. The van der Waals surface area contributed by atoms with Gasteiger partial charge in [0.1, 0.15) is 10.8 Å². The lowest BCUT2D eigenvalue weighted by atomic mass is 9.96. The van der Waals surface area contributed by atoms with E-state index in [9.17, 15) is 0 Å². The lowest BCUT2D eigenvalue weighted by molar-refractivity contribution is 0.151. The number of ether oxygens (including phenoxy) is 1. The van der Waals surface area contributed by atoms with Crippen molar-refractivity contribution in [2.75, 3.05) is 26.7 Å². The zero-order valence-electron chi connectivity index (χ0n) is 15.4. The average Bonchev–Trinajstić information content (AvgIpc) is 3.04. The third-order valence-corrected chi connectivity index (χ3v) is 5.89. The predicted octanol–water partition coefficient (Wildman–Crippen LogP) is 4.02. The molecule has 1 aliphatic heterocycles. The van der Waals surface area contributed by atoms with Crippen LogP contribution in [0.4, 0.5) is 0 Å². The van der Waals surface area contributed by atoms with Gasteiger partial charge < -0.3 is 10.1 Å². The van der Waals surface area contributed by atoms with Crippen molar-refractivity contribution in [2.24, 2.45) is 0 Å². The second-order valence-electron chi connectivity index (χ2n) is 7.30. The van der Waals surface area contributed by atoms with Crippen molar-refractivity contribution in [1.29, 1.82) is 0 Å². The van der Waals surface area contributed by atoms with E-state index in [4.69, 9.17) is 4.74 Å². The monoisotopic (exact) mass is 381 g/mol. The minimum Gasteiger partial charge on any atom is -0.496 e. The van der Waals surface area contributed by atoms with Gasteiger partial charge in [-0.2, -0.15) is 0 Å². The van der Waals surface area contributed by atoms with Crippen molar-refractivity contribution in [3.8, 4) is 5.75 Å². The molecule has 0 radical (unpaired) electrons. The number of nitrogens with zero attached hydrogens (tertiary/aromatic N) is 2. The summed E-state index contributed by atoms with van der Waals surface area (Å²) in [4.78, 5) is 8.53.